The van der Waals surface area contributed by atoms with Gasteiger partial charge in [0.1, 0.15) is 41.6 Å². The number of hydrogen-bond acceptors (Lipinski definition) is 14. The van der Waals surface area contributed by atoms with Crippen molar-refractivity contribution >= 4 is 35.8 Å². The highest BCUT2D eigenvalue weighted by atomic mass is 16.6. The number of hydrogen-bond donors (Lipinski definition) is 0. The lowest BCUT2D eigenvalue weighted by molar-refractivity contribution is -0.158. The zero-order valence-corrected chi connectivity index (χ0v) is 43.6. The first kappa shape index (κ1) is 60.0. The molecule has 0 N–H and O–H groups in total. The first-order chi connectivity index (χ1) is 36.7. The number of carbonyl (C=O) groups is 6. The largest absolute Gasteiger partial charge is 0.494 e. The number of ether oxygens (including phenoxy) is 8. The van der Waals surface area contributed by atoms with E-state index in [0.717, 1.165) is 103 Å². The second-order valence-electron chi connectivity index (χ2n) is 17.3. The fraction of sp³-hybridized carbons (Fsp3) is 0.290. The lowest BCUT2D eigenvalue weighted by Gasteiger charge is -2.28. The average Bonchev–Trinajstić information content (AvgIpc) is 3.44. The van der Waals surface area contributed by atoms with Gasteiger partial charge in [0.2, 0.25) is 0 Å². The van der Waals surface area contributed by atoms with E-state index in [9.17, 15) is 28.8 Å². The lowest BCUT2D eigenvalue weighted by atomic mass is 9.84. The number of carbonyl (C=O) groups excluding carboxylic acids is 6. The maximum absolute atomic E-state index is 13.8. The normalized spacial score (nSPS) is 11.7. The molecular formula is C62H68O14. The maximum Gasteiger partial charge on any atom is 0.343 e. The molecule has 4 aromatic rings. The third-order valence-corrected chi connectivity index (χ3v) is 11.7. The van der Waals surface area contributed by atoms with Crippen molar-refractivity contribution in [3.05, 3.63) is 195 Å². The second kappa shape index (κ2) is 32.6. The molecule has 0 amide bonds. The van der Waals surface area contributed by atoms with Crippen LogP contribution in [0.25, 0.3) is 22.3 Å². The SMILES string of the molecule is C=CC(=O)OCCCCCCOc1ccc(-c2ccc(C(=O)OC(=C)/C=C\C(=C)/C=C(/OC(=O)c3ccc(-c4ccc(OCCCCCCOC(=O)C=C)cc4)cc3)C(C)(CC)C(=O)OCCOC(=O)C=C)cc2)cc1. The summed E-state index contributed by atoms with van der Waals surface area (Å²) in [4.78, 5) is 74.4. The van der Waals surface area contributed by atoms with Gasteiger partial charge in [0.25, 0.3) is 0 Å². The third kappa shape index (κ3) is 20.8. The summed E-state index contributed by atoms with van der Waals surface area (Å²) >= 11 is 0. The van der Waals surface area contributed by atoms with Crippen LogP contribution in [0, 0.1) is 5.41 Å². The van der Waals surface area contributed by atoms with Crippen LogP contribution >= 0.6 is 0 Å². The highest BCUT2D eigenvalue weighted by Gasteiger charge is 2.40. The van der Waals surface area contributed by atoms with Gasteiger partial charge in [0.15, 0.2) is 0 Å². The number of allylic oxidation sites excluding steroid dienone is 4. The predicted molar refractivity (Wildman–Crippen MR) is 291 cm³/mol. The van der Waals surface area contributed by atoms with Gasteiger partial charge >= 0.3 is 35.8 Å². The van der Waals surface area contributed by atoms with Gasteiger partial charge in [-0.1, -0.05) is 94.4 Å². The molecule has 0 saturated carbocycles. The number of esters is 6. The van der Waals surface area contributed by atoms with Gasteiger partial charge in [-0.05, 0) is 153 Å². The van der Waals surface area contributed by atoms with Crippen LogP contribution < -0.4 is 9.47 Å². The Hall–Kier alpha value is -8.52. The molecule has 0 heterocycles. The van der Waals surface area contributed by atoms with E-state index in [1.54, 1.807) is 50.2 Å². The monoisotopic (exact) mass is 1040 g/mol. The summed E-state index contributed by atoms with van der Waals surface area (Å²) in [6.07, 6.45) is 14.8. The number of benzene rings is 4. The molecule has 0 bridgehead atoms. The van der Waals surface area contributed by atoms with E-state index >= 15 is 0 Å². The van der Waals surface area contributed by atoms with E-state index in [2.05, 4.69) is 32.9 Å². The fourth-order valence-corrected chi connectivity index (χ4v) is 7.05. The van der Waals surface area contributed by atoms with Crippen molar-refractivity contribution in [2.75, 3.05) is 39.6 Å². The first-order valence-corrected chi connectivity index (χ1v) is 25.1. The molecule has 4 rings (SSSR count). The minimum absolute atomic E-state index is 0.00487. The Morgan fingerprint density at radius 2 is 0.829 bits per heavy atom. The minimum atomic E-state index is -1.51. The van der Waals surface area contributed by atoms with Crippen molar-refractivity contribution in [2.45, 2.75) is 71.6 Å². The Morgan fingerprint density at radius 3 is 1.24 bits per heavy atom. The van der Waals surface area contributed by atoms with E-state index in [1.807, 2.05) is 60.7 Å². The topological polar surface area (TPSA) is 176 Å². The number of unbranched alkanes of at least 4 members (excludes halogenated alkanes) is 6. The van der Waals surface area contributed by atoms with Crippen molar-refractivity contribution in [3.63, 3.8) is 0 Å². The van der Waals surface area contributed by atoms with E-state index in [0.29, 0.717) is 32.0 Å². The molecule has 76 heavy (non-hydrogen) atoms. The molecule has 0 aliphatic rings. The molecule has 1 atom stereocenters. The molecule has 14 heteroatoms. The standard InChI is InChI=1S/C62H68O14/c1-8-56(63)71-40-18-14-12-16-38-69-53-34-30-49(31-35-53)47-22-26-51(27-23-47)59(66)75-46(6)21-20-45(5)44-55(62(7,11-4)61(68)74-43-42-73-58(65)10-3)76-60(67)52-28-24-48(25-29-52)50-32-36-54(37-33-50)70-39-17-13-15-19-41-72-57(64)9-2/h8-10,20-37,44H,1-3,5-6,11-19,38-43H2,4,7H3/b21-20-,55-44+. The zero-order chi connectivity index (χ0) is 55.1. The maximum atomic E-state index is 13.8. The highest BCUT2D eigenvalue weighted by molar-refractivity contribution is 5.92. The molecule has 0 radical (unpaired) electrons. The van der Waals surface area contributed by atoms with Crippen LogP contribution in [-0.2, 0) is 47.6 Å². The van der Waals surface area contributed by atoms with E-state index in [1.165, 1.54) is 18.2 Å². The van der Waals surface area contributed by atoms with Crippen molar-refractivity contribution in [1.29, 1.82) is 0 Å². The first-order valence-electron chi connectivity index (χ1n) is 25.1. The molecule has 0 fully saturated rings. The molecule has 0 spiro atoms. The Kier molecular flexibility index (Phi) is 25.8. The van der Waals surface area contributed by atoms with Gasteiger partial charge in [0, 0.05) is 18.2 Å². The lowest BCUT2D eigenvalue weighted by Crippen LogP contribution is -2.34. The summed E-state index contributed by atoms with van der Waals surface area (Å²) in [6.45, 7) is 22.7. The van der Waals surface area contributed by atoms with E-state index < -0.39 is 41.2 Å². The molecule has 1 unspecified atom stereocenters. The summed E-state index contributed by atoms with van der Waals surface area (Å²) in [5.41, 5.74) is 2.78. The van der Waals surface area contributed by atoms with Gasteiger partial charge in [-0.25, -0.2) is 24.0 Å². The fourth-order valence-electron chi connectivity index (χ4n) is 7.05. The van der Waals surface area contributed by atoms with Crippen LogP contribution in [0.4, 0.5) is 0 Å². The Balaban J connectivity index is 1.35. The summed E-state index contributed by atoms with van der Waals surface area (Å²) in [5.74, 6) is -2.26. The molecular weight excluding hydrogens is 969 g/mol. The quantitative estimate of drug-likeness (QED) is 0.0108. The van der Waals surface area contributed by atoms with Gasteiger partial charge in [-0.2, -0.15) is 0 Å². The summed E-state index contributed by atoms with van der Waals surface area (Å²) in [7, 11) is 0. The highest BCUT2D eigenvalue weighted by Crippen LogP contribution is 2.35. The Morgan fingerprint density at radius 1 is 0.461 bits per heavy atom. The molecule has 0 aliphatic carbocycles. The van der Waals surface area contributed by atoms with Crippen molar-refractivity contribution in [1.82, 2.24) is 0 Å². The van der Waals surface area contributed by atoms with Crippen LogP contribution in [0.5, 0.6) is 11.5 Å². The van der Waals surface area contributed by atoms with E-state index in [4.69, 9.17) is 37.9 Å². The average molecular weight is 1040 g/mol. The Labute approximate surface area is 446 Å². The van der Waals surface area contributed by atoms with Crippen molar-refractivity contribution in [2.24, 2.45) is 5.41 Å². The summed E-state index contributed by atoms with van der Waals surface area (Å²) < 4.78 is 43.7. The van der Waals surface area contributed by atoms with Crippen LogP contribution in [-0.4, -0.2) is 75.5 Å². The van der Waals surface area contributed by atoms with Crippen LogP contribution in [0.15, 0.2) is 184 Å². The van der Waals surface area contributed by atoms with Crippen LogP contribution in [0.2, 0.25) is 0 Å². The van der Waals surface area contributed by atoms with Gasteiger partial charge in [-0.3, -0.25) is 4.79 Å². The molecule has 0 aliphatic heterocycles. The van der Waals surface area contributed by atoms with Crippen molar-refractivity contribution in [3.8, 4) is 33.8 Å². The molecule has 400 valence electrons. The van der Waals surface area contributed by atoms with Crippen LogP contribution in [0.1, 0.15) is 92.4 Å². The molecule has 4 aromatic carbocycles. The van der Waals surface area contributed by atoms with Crippen molar-refractivity contribution < 1.29 is 66.7 Å². The van der Waals surface area contributed by atoms with Gasteiger partial charge < -0.3 is 37.9 Å². The van der Waals surface area contributed by atoms with Gasteiger partial charge in [0.05, 0.1) is 37.6 Å². The van der Waals surface area contributed by atoms with Crippen LogP contribution in [0.3, 0.4) is 0 Å². The summed E-state index contributed by atoms with van der Waals surface area (Å²) in [5, 5.41) is 0. The smallest absolute Gasteiger partial charge is 0.343 e. The van der Waals surface area contributed by atoms with Gasteiger partial charge in [-0.15, -0.1) is 0 Å². The molecule has 0 saturated heterocycles. The minimum Gasteiger partial charge on any atom is -0.494 e. The summed E-state index contributed by atoms with van der Waals surface area (Å²) in [6, 6.07) is 28.9. The molecule has 0 aromatic heterocycles. The van der Waals surface area contributed by atoms with E-state index in [-0.39, 0.29) is 42.3 Å². The molecule has 14 nitrogen and oxygen atoms in total. The second-order valence-corrected chi connectivity index (χ2v) is 17.3. The predicted octanol–water partition coefficient (Wildman–Crippen LogP) is 12.6. The third-order valence-electron chi connectivity index (χ3n) is 11.7. The zero-order valence-electron chi connectivity index (χ0n) is 43.6. The number of rotatable bonds is 34. The Bertz CT molecular complexity index is 2680.